The van der Waals surface area contributed by atoms with Gasteiger partial charge in [-0.25, -0.2) is 4.98 Å². The average molecular weight is 266 g/mol. The molecule has 0 bridgehead atoms. The minimum Gasteiger partial charge on any atom is -0.394 e. The number of nitrogens with zero attached hydrogens (tertiary/aromatic N) is 3. The first-order valence-electron chi connectivity index (χ1n) is 7.35. The van der Waals surface area contributed by atoms with Crippen LogP contribution in [0.1, 0.15) is 44.3 Å². The molecule has 5 nitrogen and oxygen atoms in total. The largest absolute Gasteiger partial charge is 0.394 e. The number of hydrogen-bond donors (Lipinski definition) is 2. The van der Waals surface area contributed by atoms with E-state index in [9.17, 15) is 5.11 Å². The molecule has 0 spiro atoms. The Balaban J connectivity index is 2.00. The van der Waals surface area contributed by atoms with E-state index in [1.807, 2.05) is 18.5 Å². The summed E-state index contributed by atoms with van der Waals surface area (Å²) in [5.41, 5.74) is -0.0711. The smallest absolute Gasteiger partial charge is 0.147 e. The van der Waals surface area contributed by atoms with Crippen LogP contribution in [0, 0.1) is 19.8 Å². The van der Waals surface area contributed by atoms with E-state index in [-0.39, 0.29) is 12.1 Å². The SMILES string of the molecule is CCNC1(CO)CCCC1CCn1nc(C)nc1C. The lowest BCUT2D eigenvalue weighted by molar-refractivity contribution is 0.118. The predicted octanol–water partition coefficient (Wildman–Crippen LogP) is 1.43. The van der Waals surface area contributed by atoms with E-state index < -0.39 is 0 Å². The van der Waals surface area contributed by atoms with Gasteiger partial charge in [-0.2, -0.15) is 5.10 Å². The number of aliphatic hydroxyl groups excluding tert-OH is 1. The zero-order chi connectivity index (χ0) is 13.9. The lowest BCUT2D eigenvalue weighted by Crippen LogP contribution is -2.51. The van der Waals surface area contributed by atoms with Gasteiger partial charge in [0, 0.05) is 12.1 Å². The van der Waals surface area contributed by atoms with Gasteiger partial charge in [0.1, 0.15) is 11.6 Å². The van der Waals surface area contributed by atoms with Crippen LogP contribution in [0.3, 0.4) is 0 Å². The maximum atomic E-state index is 9.78. The molecule has 2 atom stereocenters. The second-order valence-corrected chi connectivity index (χ2v) is 5.65. The van der Waals surface area contributed by atoms with Crippen LogP contribution < -0.4 is 5.32 Å². The normalized spacial score (nSPS) is 27.1. The molecular weight excluding hydrogens is 240 g/mol. The van der Waals surface area contributed by atoms with Gasteiger partial charge in [0.15, 0.2) is 0 Å². The van der Waals surface area contributed by atoms with Gasteiger partial charge in [-0.15, -0.1) is 0 Å². The summed E-state index contributed by atoms with van der Waals surface area (Å²) >= 11 is 0. The molecule has 0 aromatic carbocycles. The Morgan fingerprint density at radius 2 is 2.26 bits per heavy atom. The summed E-state index contributed by atoms with van der Waals surface area (Å²) in [4.78, 5) is 4.34. The second kappa shape index (κ2) is 6.01. The molecule has 2 unspecified atom stereocenters. The topological polar surface area (TPSA) is 63.0 Å². The Kier molecular flexibility index (Phi) is 4.58. The lowest BCUT2D eigenvalue weighted by Gasteiger charge is -2.35. The van der Waals surface area contributed by atoms with Crippen molar-refractivity contribution in [3.63, 3.8) is 0 Å². The summed E-state index contributed by atoms with van der Waals surface area (Å²) < 4.78 is 1.99. The molecule has 1 heterocycles. The van der Waals surface area contributed by atoms with Crippen LogP contribution in [0.5, 0.6) is 0 Å². The van der Waals surface area contributed by atoms with E-state index in [1.54, 1.807) is 0 Å². The van der Waals surface area contributed by atoms with Crippen molar-refractivity contribution in [2.75, 3.05) is 13.2 Å². The molecule has 108 valence electrons. The van der Waals surface area contributed by atoms with E-state index in [4.69, 9.17) is 0 Å². The van der Waals surface area contributed by atoms with Gasteiger partial charge in [-0.1, -0.05) is 13.3 Å². The first kappa shape index (κ1) is 14.5. The Bertz CT molecular complexity index is 418. The quantitative estimate of drug-likeness (QED) is 0.817. The molecule has 2 N–H and O–H groups in total. The number of nitrogens with one attached hydrogen (secondary N) is 1. The lowest BCUT2D eigenvalue weighted by atomic mass is 9.85. The molecule has 2 rings (SSSR count). The summed E-state index contributed by atoms with van der Waals surface area (Å²) in [6.07, 6.45) is 4.53. The zero-order valence-corrected chi connectivity index (χ0v) is 12.3. The van der Waals surface area contributed by atoms with Crippen LogP contribution in [0.25, 0.3) is 0 Å². The van der Waals surface area contributed by atoms with Crippen LogP contribution >= 0.6 is 0 Å². The molecule has 1 aromatic heterocycles. The van der Waals surface area contributed by atoms with Gasteiger partial charge in [0.25, 0.3) is 0 Å². The Morgan fingerprint density at radius 1 is 1.47 bits per heavy atom. The Morgan fingerprint density at radius 3 is 2.84 bits per heavy atom. The molecular formula is C14H26N4O. The van der Waals surface area contributed by atoms with E-state index in [0.717, 1.165) is 37.6 Å². The van der Waals surface area contributed by atoms with Crippen LogP contribution in [-0.2, 0) is 6.54 Å². The first-order chi connectivity index (χ1) is 9.11. The third-order valence-electron chi connectivity index (χ3n) is 4.42. The van der Waals surface area contributed by atoms with Crippen molar-refractivity contribution in [1.82, 2.24) is 20.1 Å². The molecule has 1 aliphatic carbocycles. The second-order valence-electron chi connectivity index (χ2n) is 5.65. The third kappa shape index (κ3) is 2.98. The molecule has 0 saturated heterocycles. The molecule has 5 heteroatoms. The minimum absolute atomic E-state index is 0.0711. The fourth-order valence-corrected chi connectivity index (χ4v) is 3.47. The Hall–Kier alpha value is -0.940. The van der Waals surface area contributed by atoms with Crippen molar-refractivity contribution in [2.24, 2.45) is 5.92 Å². The number of aryl methyl sites for hydroxylation is 3. The molecule has 1 saturated carbocycles. The minimum atomic E-state index is -0.0711. The van der Waals surface area contributed by atoms with Crippen molar-refractivity contribution in [2.45, 2.75) is 58.5 Å². The highest BCUT2D eigenvalue weighted by atomic mass is 16.3. The van der Waals surface area contributed by atoms with Gasteiger partial charge >= 0.3 is 0 Å². The third-order valence-corrected chi connectivity index (χ3v) is 4.42. The van der Waals surface area contributed by atoms with Crippen molar-refractivity contribution in [3.8, 4) is 0 Å². The highest BCUT2D eigenvalue weighted by Crippen LogP contribution is 2.37. The summed E-state index contributed by atoms with van der Waals surface area (Å²) in [7, 11) is 0. The van der Waals surface area contributed by atoms with Crippen molar-refractivity contribution >= 4 is 0 Å². The van der Waals surface area contributed by atoms with Crippen LogP contribution in [0.2, 0.25) is 0 Å². The van der Waals surface area contributed by atoms with Crippen molar-refractivity contribution < 1.29 is 5.11 Å². The first-order valence-corrected chi connectivity index (χ1v) is 7.35. The van der Waals surface area contributed by atoms with Crippen molar-refractivity contribution in [1.29, 1.82) is 0 Å². The number of rotatable bonds is 6. The zero-order valence-electron chi connectivity index (χ0n) is 12.3. The van der Waals surface area contributed by atoms with Gasteiger partial charge < -0.3 is 10.4 Å². The predicted molar refractivity (Wildman–Crippen MR) is 74.9 cm³/mol. The van der Waals surface area contributed by atoms with Gasteiger partial charge in [-0.05, 0) is 45.6 Å². The molecule has 19 heavy (non-hydrogen) atoms. The van der Waals surface area contributed by atoms with Gasteiger partial charge in [0.05, 0.1) is 6.61 Å². The van der Waals surface area contributed by atoms with Gasteiger partial charge in [-0.3, -0.25) is 4.68 Å². The fourth-order valence-electron chi connectivity index (χ4n) is 3.47. The van der Waals surface area contributed by atoms with E-state index in [2.05, 4.69) is 22.3 Å². The summed E-state index contributed by atoms with van der Waals surface area (Å²) in [5.74, 6) is 2.35. The van der Waals surface area contributed by atoms with E-state index >= 15 is 0 Å². The number of aromatic nitrogens is 3. The highest BCUT2D eigenvalue weighted by molar-refractivity contribution is 4.99. The summed E-state index contributed by atoms with van der Waals surface area (Å²) in [6.45, 7) is 8.08. The van der Waals surface area contributed by atoms with Crippen LogP contribution in [0.4, 0.5) is 0 Å². The van der Waals surface area contributed by atoms with Crippen molar-refractivity contribution in [3.05, 3.63) is 11.6 Å². The maximum absolute atomic E-state index is 9.78. The number of aliphatic hydroxyl groups is 1. The summed E-state index contributed by atoms with van der Waals surface area (Å²) in [6, 6.07) is 0. The summed E-state index contributed by atoms with van der Waals surface area (Å²) in [5, 5.41) is 17.7. The molecule has 1 aromatic rings. The standard InChI is InChI=1S/C14H26N4O/c1-4-15-14(10-19)8-5-6-13(14)7-9-18-12(3)16-11(2)17-18/h13,15,19H,4-10H2,1-3H3. The van der Waals surface area contributed by atoms with Gasteiger partial charge in [0.2, 0.25) is 0 Å². The highest BCUT2D eigenvalue weighted by Gasteiger charge is 2.41. The molecule has 0 radical (unpaired) electrons. The van der Waals surface area contributed by atoms with E-state index in [0.29, 0.717) is 5.92 Å². The number of likely N-dealkylation sites (N-methyl/N-ethyl adjacent to an activating group) is 1. The monoisotopic (exact) mass is 266 g/mol. The Labute approximate surface area is 115 Å². The van der Waals surface area contributed by atoms with Crippen LogP contribution in [-0.4, -0.2) is 38.6 Å². The molecule has 1 fully saturated rings. The molecule has 0 amide bonds. The maximum Gasteiger partial charge on any atom is 0.147 e. The molecule has 1 aliphatic rings. The molecule has 0 aliphatic heterocycles. The number of hydrogen-bond acceptors (Lipinski definition) is 4. The van der Waals surface area contributed by atoms with Crippen LogP contribution in [0.15, 0.2) is 0 Å². The fraction of sp³-hybridized carbons (Fsp3) is 0.857. The van der Waals surface area contributed by atoms with E-state index in [1.165, 1.54) is 12.8 Å². The average Bonchev–Trinajstić information content (AvgIpc) is 2.91.